The molecule has 0 saturated carbocycles. The monoisotopic (exact) mass is 851 g/mol. The van der Waals surface area contributed by atoms with Gasteiger partial charge in [-0.1, -0.05) is 59.1 Å². The van der Waals surface area contributed by atoms with Crippen molar-refractivity contribution in [2.45, 2.75) is 16.7 Å². The average Bonchev–Trinajstić information content (AvgIpc) is 3.58. The molecule has 6 aromatic rings. The summed E-state index contributed by atoms with van der Waals surface area (Å²) in [6, 6.07) is 26.2. The van der Waals surface area contributed by atoms with Crippen molar-refractivity contribution in [2.24, 2.45) is 0 Å². The predicted molar refractivity (Wildman–Crippen MR) is 222 cm³/mol. The molecular weight excluding hydrogens is 821 g/mol. The summed E-state index contributed by atoms with van der Waals surface area (Å²) in [5.41, 5.74) is 2.55. The van der Waals surface area contributed by atoms with E-state index in [0.29, 0.717) is 54.9 Å². The molecule has 1 saturated heterocycles. The molecule has 1 aromatic heterocycles. The molecule has 0 aliphatic carbocycles. The van der Waals surface area contributed by atoms with Crippen molar-refractivity contribution < 1.29 is 27.4 Å². The summed E-state index contributed by atoms with van der Waals surface area (Å²) in [5.74, 6) is 1.38. The highest BCUT2D eigenvalue weighted by atomic mass is 35.5. The number of rotatable bonds is 12. The zero-order valence-corrected chi connectivity index (χ0v) is 33.8. The van der Waals surface area contributed by atoms with E-state index in [2.05, 4.69) is 10.1 Å². The second kappa shape index (κ2) is 16.2. The minimum absolute atomic E-state index is 0.00144. The van der Waals surface area contributed by atoms with E-state index in [1.54, 1.807) is 47.4 Å². The lowest BCUT2D eigenvalue weighted by Crippen LogP contribution is -2.36. The summed E-state index contributed by atoms with van der Waals surface area (Å²) < 4.78 is 45.5. The highest BCUT2D eigenvalue weighted by Gasteiger charge is 2.35. The van der Waals surface area contributed by atoms with Crippen LogP contribution in [0.2, 0.25) is 15.1 Å². The van der Waals surface area contributed by atoms with Gasteiger partial charge < -0.3 is 19.5 Å². The Hall–Kier alpha value is -5.12. The van der Waals surface area contributed by atoms with Gasteiger partial charge in [0.2, 0.25) is 11.7 Å². The lowest BCUT2D eigenvalue weighted by atomic mass is 10.1. The van der Waals surface area contributed by atoms with Crippen molar-refractivity contribution in [3.8, 4) is 17.2 Å². The summed E-state index contributed by atoms with van der Waals surface area (Å²) in [7, 11) is 0.120. The van der Waals surface area contributed by atoms with Gasteiger partial charge in [-0.25, -0.2) is 9.82 Å². The number of nitrogens with one attached hydrogen (secondary N) is 2. The maximum Gasteiger partial charge on any atom is 0.280 e. The van der Waals surface area contributed by atoms with Crippen LogP contribution in [0, 0.1) is 0 Å². The van der Waals surface area contributed by atoms with E-state index in [1.165, 1.54) is 75.6 Å². The number of benzene rings is 5. The molecule has 1 aliphatic heterocycles. The van der Waals surface area contributed by atoms with E-state index in [-0.39, 0.29) is 39.7 Å². The van der Waals surface area contributed by atoms with Crippen LogP contribution < -0.4 is 34.8 Å². The van der Waals surface area contributed by atoms with Crippen molar-refractivity contribution in [3.63, 3.8) is 0 Å². The summed E-state index contributed by atoms with van der Waals surface area (Å²) in [6.45, 7) is 0. The first kappa shape index (κ1) is 39.1. The second-order valence-corrected chi connectivity index (χ2v) is 16.3. The molecule has 0 radical (unpaired) electrons. The van der Waals surface area contributed by atoms with Crippen LogP contribution in [0.5, 0.6) is 17.2 Å². The van der Waals surface area contributed by atoms with Crippen LogP contribution >= 0.6 is 46.6 Å². The maximum atomic E-state index is 14.0. The van der Waals surface area contributed by atoms with Crippen LogP contribution in [0.3, 0.4) is 0 Å². The van der Waals surface area contributed by atoms with Crippen LogP contribution in [-0.4, -0.2) is 51.1 Å². The van der Waals surface area contributed by atoms with Crippen molar-refractivity contribution >= 4 is 90.5 Å². The Labute approximate surface area is 341 Å². The number of ether oxygens (including phenoxy) is 3. The van der Waals surface area contributed by atoms with Crippen molar-refractivity contribution in [1.29, 1.82) is 0 Å². The van der Waals surface area contributed by atoms with E-state index < -0.39 is 21.0 Å². The fourth-order valence-corrected chi connectivity index (χ4v) is 9.13. The number of para-hydroxylation sites is 2. The van der Waals surface area contributed by atoms with E-state index in [1.807, 2.05) is 12.1 Å². The molecule has 2 heterocycles. The highest BCUT2D eigenvalue weighted by molar-refractivity contribution is 8.00. The average molecular weight is 853 g/mol. The Morgan fingerprint density at radius 3 is 2.18 bits per heavy atom. The lowest BCUT2D eigenvalue weighted by molar-refractivity contribution is -0.115. The van der Waals surface area contributed by atoms with Crippen LogP contribution in [0.25, 0.3) is 10.9 Å². The first-order valence-electron chi connectivity index (χ1n) is 16.8. The zero-order chi connectivity index (χ0) is 39.7. The molecule has 56 heavy (non-hydrogen) atoms. The predicted octanol–water partition coefficient (Wildman–Crippen LogP) is 8.43. The van der Waals surface area contributed by atoms with Gasteiger partial charge in [0.1, 0.15) is 11.2 Å². The quantitative estimate of drug-likeness (QED) is 0.123. The van der Waals surface area contributed by atoms with Gasteiger partial charge in [0.05, 0.1) is 58.6 Å². The molecule has 0 bridgehead atoms. The van der Waals surface area contributed by atoms with Crippen LogP contribution in [-0.2, 0) is 21.2 Å². The number of methoxy groups -OCH3 is 3. The smallest absolute Gasteiger partial charge is 0.280 e. The van der Waals surface area contributed by atoms with Crippen molar-refractivity contribution in [3.05, 3.63) is 139 Å². The molecule has 2 N–H and O–H groups in total. The normalized spacial score (nSPS) is 14.2. The van der Waals surface area contributed by atoms with E-state index in [9.17, 15) is 18.0 Å². The van der Waals surface area contributed by atoms with Gasteiger partial charge in [-0.3, -0.25) is 14.5 Å². The molecular formula is C39H32Cl3N5O7S2. The number of hydrogen-bond donors (Lipinski definition) is 2. The Morgan fingerprint density at radius 1 is 0.839 bits per heavy atom. The number of fused-ring (bicyclic) bond motifs is 1. The Balaban J connectivity index is 1.22. The van der Waals surface area contributed by atoms with E-state index in [0.717, 1.165) is 10.2 Å². The van der Waals surface area contributed by atoms with Gasteiger partial charge in [0.25, 0.3) is 15.6 Å². The molecule has 12 nitrogen and oxygen atoms in total. The third kappa shape index (κ3) is 7.67. The number of nitrogens with zero attached hydrogens (tertiary/aromatic N) is 3. The number of halogens is 3. The third-order valence-electron chi connectivity index (χ3n) is 8.97. The number of aromatic nitrogens is 2. The molecule has 1 atom stereocenters. The number of sulfonamides is 1. The molecule has 1 amide bonds. The molecule has 5 aromatic carbocycles. The number of amides is 1. The fourth-order valence-electron chi connectivity index (χ4n) is 6.29. The van der Waals surface area contributed by atoms with Crippen LogP contribution in [0.15, 0.2) is 107 Å². The van der Waals surface area contributed by atoms with Gasteiger partial charge in [0, 0.05) is 22.8 Å². The lowest BCUT2D eigenvalue weighted by Gasteiger charge is -2.26. The van der Waals surface area contributed by atoms with Crippen molar-refractivity contribution in [2.75, 3.05) is 42.1 Å². The van der Waals surface area contributed by atoms with E-state index >= 15 is 0 Å². The molecule has 1 aliphatic rings. The Kier molecular flexibility index (Phi) is 11.3. The van der Waals surface area contributed by atoms with Crippen molar-refractivity contribution in [1.82, 2.24) is 9.66 Å². The highest BCUT2D eigenvalue weighted by Crippen LogP contribution is 2.47. The van der Waals surface area contributed by atoms with Gasteiger partial charge in [-0.05, 0) is 83.9 Å². The zero-order valence-electron chi connectivity index (χ0n) is 29.9. The Bertz CT molecular complexity index is 2620. The van der Waals surface area contributed by atoms with Gasteiger partial charge in [-0.15, -0.1) is 11.8 Å². The molecule has 1 unspecified atom stereocenters. The number of hydrogen-bond acceptors (Lipinski definition) is 10. The second-order valence-electron chi connectivity index (χ2n) is 12.4. The minimum Gasteiger partial charge on any atom is -0.493 e. The molecule has 7 rings (SSSR count). The summed E-state index contributed by atoms with van der Waals surface area (Å²) >= 11 is 20.6. The topological polar surface area (TPSA) is 141 Å². The summed E-state index contributed by atoms with van der Waals surface area (Å²) in [6.07, 6.45) is 0.00144. The maximum absolute atomic E-state index is 14.0. The standard InChI is InChI=1S/C39H32Cl3N5O7S2/c1-52-32-17-23(18-33(53-2)37(32)54-3)39-46(35(48)21-55-39)25-12-14-26(15-13-25)56(50,51)45-47-34(43-31-20-24(40)11-16-27(31)38(47)49)19-22-7-4-5-10-30(22)44-36-28(41)8-6-9-29(36)42/h4-18,20,39,44-45H,19,21H2,1-3H3. The molecule has 288 valence electrons. The summed E-state index contributed by atoms with van der Waals surface area (Å²) in [4.78, 5) is 35.8. The fraction of sp³-hybridized carbons (Fsp3) is 0.154. The first-order valence-corrected chi connectivity index (χ1v) is 20.5. The van der Waals surface area contributed by atoms with Crippen LogP contribution in [0.1, 0.15) is 22.3 Å². The third-order valence-corrected chi connectivity index (χ3v) is 12.4. The largest absolute Gasteiger partial charge is 0.493 e. The van der Waals surface area contributed by atoms with Gasteiger partial charge in [0.15, 0.2) is 11.5 Å². The first-order chi connectivity index (χ1) is 26.9. The number of carbonyl (C=O) groups excluding carboxylic acids is 1. The molecule has 1 fully saturated rings. The number of thioether (sulfide) groups is 1. The molecule has 17 heteroatoms. The Morgan fingerprint density at radius 2 is 1.52 bits per heavy atom. The van der Waals surface area contributed by atoms with E-state index in [4.69, 9.17) is 54.0 Å². The SMILES string of the molecule is COc1cc(C2SCC(=O)N2c2ccc(S(=O)(=O)Nn3c(Cc4ccccc4Nc4c(Cl)cccc4Cl)nc4cc(Cl)ccc4c3=O)cc2)cc(OC)c1OC. The van der Waals surface area contributed by atoms with Crippen LogP contribution in [0.4, 0.5) is 17.1 Å². The molecule has 0 spiro atoms. The number of anilines is 3. The van der Waals surface area contributed by atoms with Gasteiger partial charge >= 0.3 is 0 Å². The summed E-state index contributed by atoms with van der Waals surface area (Å²) in [5, 5.41) is 4.08. The number of carbonyl (C=O) groups is 1. The van der Waals surface area contributed by atoms with Gasteiger partial charge in [-0.2, -0.15) is 13.1 Å². The minimum atomic E-state index is -4.40.